The molecule has 1 saturated carbocycles. The van der Waals surface area contributed by atoms with Gasteiger partial charge in [0.1, 0.15) is 0 Å². The number of likely N-dealkylation sites (tertiary alicyclic amines) is 1. The van der Waals surface area contributed by atoms with Gasteiger partial charge < -0.3 is 14.9 Å². The van der Waals surface area contributed by atoms with Crippen LogP contribution in [0.4, 0.5) is 5.82 Å². The van der Waals surface area contributed by atoms with E-state index < -0.39 is 5.91 Å². The van der Waals surface area contributed by atoms with E-state index in [1.807, 2.05) is 28.8 Å². The zero-order chi connectivity index (χ0) is 26.6. The lowest BCUT2D eigenvalue weighted by molar-refractivity contribution is 0.101. The van der Waals surface area contributed by atoms with Gasteiger partial charge in [0.05, 0.1) is 16.6 Å². The van der Waals surface area contributed by atoms with Gasteiger partial charge in [-0.1, -0.05) is 44.2 Å². The SMILES string of the molecule is C[C@H]1CC[C@@H](C[C@H](C)n2c(=O)c(NC(=O)c3ccc(=O)[nH]c3)nc3ccccc32)N1C1CCCCCCC1. The highest BCUT2D eigenvalue weighted by Crippen LogP contribution is 2.36. The number of fused-ring (bicyclic) bond motifs is 1. The predicted molar refractivity (Wildman–Crippen MR) is 151 cm³/mol. The quantitative estimate of drug-likeness (QED) is 0.465. The van der Waals surface area contributed by atoms with Crippen LogP contribution >= 0.6 is 0 Å². The van der Waals surface area contributed by atoms with Crippen molar-refractivity contribution in [3.05, 3.63) is 68.9 Å². The number of benzene rings is 1. The number of para-hydroxylation sites is 2. The molecule has 1 aromatic carbocycles. The third kappa shape index (κ3) is 5.60. The van der Waals surface area contributed by atoms with Gasteiger partial charge in [-0.2, -0.15) is 0 Å². The molecule has 0 unspecified atom stereocenters. The molecule has 3 heterocycles. The van der Waals surface area contributed by atoms with Crippen molar-refractivity contribution in [2.75, 3.05) is 5.32 Å². The van der Waals surface area contributed by atoms with Gasteiger partial charge in [0, 0.05) is 36.4 Å². The smallest absolute Gasteiger partial charge is 0.294 e. The summed E-state index contributed by atoms with van der Waals surface area (Å²) >= 11 is 0. The van der Waals surface area contributed by atoms with E-state index in [2.05, 4.69) is 34.0 Å². The van der Waals surface area contributed by atoms with E-state index >= 15 is 0 Å². The van der Waals surface area contributed by atoms with Crippen LogP contribution in [0, 0.1) is 0 Å². The summed E-state index contributed by atoms with van der Waals surface area (Å²) in [5, 5.41) is 2.69. The van der Waals surface area contributed by atoms with Crippen molar-refractivity contribution in [1.29, 1.82) is 0 Å². The van der Waals surface area contributed by atoms with Gasteiger partial charge >= 0.3 is 0 Å². The molecule has 1 amide bonds. The largest absolute Gasteiger partial charge is 0.328 e. The first kappa shape index (κ1) is 26.4. The van der Waals surface area contributed by atoms with Crippen LogP contribution in [0.5, 0.6) is 0 Å². The van der Waals surface area contributed by atoms with E-state index in [9.17, 15) is 14.4 Å². The normalized spacial score (nSPS) is 22.2. The summed E-state index contributed by atoms with van der Waals surface area (Å²) in [5.41, 5.74) is 1.09. The lowest BCUT2D eigenvalue weighted by Gasteiger charge is -2.38. The number of H-pyrrole nitrogens is 1. The van der Waals surface area contributed by atoms with Gasteiger partial charge in [0.15, 0.2) is 5.82 Å². The van der Waals surface area contributed by atoms with Gasteiger partial charge in [-0.25, -0.2) is 4.98 Å². The van der Waals surface area contributed by atoms with Crippen LogP contribution in [0.15, 0.2) is 52.2 Å². The average molecular weight is 518 g/mol. The molecule has 0 bridgehead atoms. The Hall–Kier alpha value is -3.26. The Morgan fingerprint density at radius 1 is 1.03 bits per heavy atom. The fourth-order valence-corrected chi connectivity index (χ4v) is 6.63. The molecule has 8 nitrogen and oxygen atoms in total. The Kier molecular flexibility index (Phi) is 8.07. The summed E-state index contributed by atoms with van der Waals surface area (Å²) in [6.07, 6.45) is 13.8. The van der Waals surface area contributed by atoms with E-state index in [1.165, 1.54) is 69.7 Å². The Morgan fingerprint density at radius 3 is 2.50 bits per heavy atom. The molecule has 5 rings (SSSR count). The van der Waals surface area contributed by atoms with Crippen LogP contribution in [-0.4, -0.2) is 43.5 Å². The maximum absolute atomic E-state index is 13.8. The molecule has 38 heavy (non-hydrogen) atoms. The first-order chi connectivity index (χ1) is 18.4. The van der Waals surface area contributed by atoms with Crippen molar-refractivity contribution < 1.29 is 4.79 Å². The number of hydrogen-bond donors (Lipinski definition) is 2. The summed E-state index contributed by atoms with van der Waals surface area (Å²) in [4.78, 5) is 47.8. The second-order valence-electron chi connectivity index (χ2n) is 11.1. The third-order valence-corrected chi connectivity index (χ3v) is 8.47. The Balaban J connectivity index is 1.43. The number of pyridine rings is 1. The molecule has 1 aliphatic heterocycles. The van der Waals surface area contributed by atoms with Crippen molar-refractivity contribution in [1.82, 2.24) is 19.4 Å². The molecular formula is C30H39N5O3. The minimum absolute atomic E-state index is 0.00316. The zero-order valence-electron chi connectivity index (χ0n) is 22.5. The minimum atomic E-state index is -0.486. The highest BCUT2D eigenvalue weighted by Gasteiger charge is 2.36. The molecule has 2 aliphatic rings. The minimum Gasteiger partial charge on any atom is -0.328 e. The monoisotopic (exact) mass is 517 g/mol. The molecule has 2 N–H and O–H groups in total. The topological polar surface area (TPSA) is 100 Å². The molecule has 2 aromatic heterocycles. The second-order valence-corrected chi connectivity index (χ2v) is 11.1. The number of carbonyl (C=O) groups is 1. The number of aromatic nitrogens is 3. The highest BCUT2D eigenvalue weighted by atomic mass is 16.2. The number of carbonyl (C=O) groups excluding carboxylic acids is 1. The number of anilines is 1. The number of nitrogens with one attached hydrogen (secondary N) is 2. The van der Waals surface area contributed by atoms with Crippen molar-refractivity contribution in [2.24, 2.45) is 0 Å². The van der Waals surface area contributed by atoms with Gasteiger partial charge in [-0.3, -0.25) is 19.3 Å². The van der Waals surface area contributed by atoms with Crippen LogP contribution in [0.25, 0.3) is 11.0 Å². The molecule has 202 valence electrons. The molecular weight excluding hydrogens is 478 g/mol. The molecule has 1 saturated heterocycles. The van der Waals surface area contributed by atoms with Crippen molar-refractivity contribution >= 4 is 22.8 Å². The fraction of sp³-hybridized carbons (Fsp3) is 0.533. The number of aromatic amines is 1. The Morgan fingerprint density at radius 2 is 1.76 bits per heavy atom. The first-order valence-electron chi connectivity index (χ1n) is 14.2. The predicted octanol–water partition coefficient (Wildman–Crippen LogP) is 5.25. The van der Waals surface area contributed by atoms with Crippen LogP contribution < -0.4 is 16.4 Å². The van der Waals surface area contributed by atoms with Gasteiger partial charge in [0.2, 0.25) is 5.56 Å². The molecule has 8 heteroatoms. The first-order valence-corrected chi connectivity index (χ1v) is 14.2. The fourth-order valence-electron chi connectivity index (χ4n) is 6.63. The summed E-state index contributed by atoms with van der Waals surface area (Å²) < 4.78 is 1.81. The van der Waals surface area contributed by atoms with Crippen molar-refractivity contribution in [2.45, 2.75) is 102 Å². The van der Waals surface area contributed by atoms with Crippen LogP contribution in [-0.2, 0) is 0 Å². The Labute approximate surface area is 223 Å². The van der Waals surface area contributed by atoms with E-state index in [4.69, 9.17) is 0 Å². The van der Waals surface area contributed by atoms with E-state index in [0.29, 0.717) is 23.6 Å². The Bertz CT molecular complexity index is 1370. The molecule has 3 atom stereocenters. The maximum atomic E-state index is 13.8. The summed E-state index contributed by atoms with van der Waals surface area (Å²) in [6.45, 7) is 4.47. The number of rotatable bonds is 6. The average Bonchev–Trinajstić information content (AvgIpc) is 3.24. The van der Waals surface area contributed by atoms with Crippen LogP contribution in [0.1, 0.15) is 94.5 Å². The van der Waals surface area contributed by atoms with Gasteiger partial charge in [-0.05, 0) is 64.2 Å². The summed E-state index contributed by atoms with van der Waals surface area (Å²) in [5.74, 6) is -0.483. The molecule has 0 radical (unpaired) electrons. The number of hydrogen-bond acceptors (Lipinski definition) is 5. The van der Waals surface area contributed by atoms with Gasteiger partial charge in [0.25, 0.3) is 11.5 Å². The summed E-state index contributed by atoms with van der Waals surface area (Å²) in [6, 6.07) is 11.9. The lowest BCUT2D eigenvalue weighted by Crippen LogP contribution is -2.44. The third-order valence-electron chi connectivity index (χ3n) is 8.47. The van der Waals surface area contributed by atoms with Crippen molar-refractivity contribution in [3.63, 3.8) is 0 Å². The van der Waals surface area contributed by atoms with Crippen molar-refractivity contribution in [3.8, 4) is 0 Å². The zero-order valence-corrected chi connectivity index (χ0v) is 22.5. The molecule has 3 aromatic rings. The highest BCUT2D eigenvalue weighted by molar-refractivity contribution is 6.03. The van der Waals surface area contributed by atoms with E-state index in [0.717, 1.165) is 18.4 Å². The molecule has 0 spiro atoms. The number of nitrogens with zero attached hydrogens (tertiary/aromatic N) is 3. The van der Waals surface area contributed by atoms with Gasteiger partial charge in [-0.15, -0.1) is 0 Å². The van der Waals surface area contributed by atoms with Crippen LogP contribution in [0.2, 0.25) is 0 Å². The molecule has 1 aliphatic carbocycles. The standard InChI is InChI=1S/C30H39N5O3/c1-20-14-16-24(34(20)23-10-6-4-3-5-7-11-23)18-21(2)35-26-13-9-8-12-25(26)32-28(30(35)38)33-29(37)22-15-17-27(36)31-19-22/h8-9,12-13,15,17,19-21,23-24H,3-7,10-11,14,16,18H2,1-2H3,(H,31,36)(H,32,33,37)/t20-,21-,24-/m0/s1. The second kappa shape index (κ2) is 11.6. The lowest BCUT2D eigenvalue weighted by atomic mass is 9.94. The molecule has 2 fully saturated rings. The summed E-state index contributed by atoms with van der Waals surface area (Å²) in [7, 11) is 0. The van der Waals surface area contributed by atoms with E-state index in [1.54, 1.807) is 0 Å². The van der Waals surface area contributed by atoms with Crippen LogP contribution in [0.3, 0.4) is 0 Å². The maximum Gasteiger partial charge on any atom is 0.294 e. The van der Waals surface area contributed by atoms with E-state index in [-0.39, 0.29) is 28.5 Å². The number of amides is 1.